The van der Waals surface area contributed by atoms with Crippen molar-refractivity contribution in [1.82, 2.24) is 0 Å². The number of ether oxygens (including phenoxy) is 4. The quantitative estimate of drug-likeness (QED) is 0.0948. The molecule has 0 N–H and O–H groups in total. The van der Waals surface area contributed by atoms with Crippen LogP contribution in [-0.2, 0) is 32.2 Å². The highest BCUT2D eigenvalue weighted by Gasteiger charge is 2.41. The molecule has 2 aliphatic heterocycles. The Balaban J connectivity index is 1.28. The van der Waals surface area contributed by atoms with Crippen molar-refractivity contribution in [3.05, 3.63) is 71.8 Å². The first kappa shape index (κ1) is 37.2. The van der Waals surface area contributed by atoms with Crippen LogP contribution in [0.15, 0.2) is 60.7 Å². The van der Waals surface area contributed by atoms with E-state index in [2.05, 4.69) is 79.3 Å². The van der Waals surface area contributed by atoms with Crippen LogP contribution in [0.3, 0.4) is 0 Å². The van der Waals surface area contributed by atoms with Crippen LogP contribution >= 0.6 is 0 Å². The van der Waals surface area contributed by atoms with Crippen LogP contribution in [0, 0.1) is 24.2 Å². The molecule has 0 unspecified atom stereocenters. The molecule has 0 aliphatic carbocycles. The Morgan fingerprint density at radius 3 is 1.87 bits per heavy atom. The van der Waals surface area contributed by atoms with Crippen LogP contribution in [0.1, 0.15) is 134 Å². The molecule has 2 saturated heterocycles. The summed E-state index contributed by atoms with van der Waals surface area (Å²) >= 11 is 0. The summed E-state index contributed by atoms with van der Waals surface area (Å²) < 4.78 is 26.5. The van der Waals surface area contributed by atoms with E-state index in [1.807, 2.05) is 6.07 Å². The van der Waals surface area contributed by atoms with Crippen molar-refractivity contribution in [1.29, 1.82) is 0 Å². The van der Waals surface area contributed by atoms with Crippen molar-refractivity contribution in [2.75, 3.05) is 0 Å². The SMILES string of the molecule is C#CCCCCCC#C[C@@H](OCc1ccccc1)[C@H]1CC[C@H]([C@H]2CC[C@H]([C@H](CCCCCCCCCC)OCc3ccccc3)O2)O1. The minimum Gasteiger partial charge on any atom is -0.371 e. The highest BCUT2D eigenvalue weighted by atomic mass is 16.6. The third kappa shape index (κ3) is 14.2. The lowest BCUT2D eigenvalue weighted by atomic mass is 10.0. The molecule has 2 aromatic rings. The highest BCUT2D eigenvalue weighted by Crippen LogP contribution is 2.35. The summed E-state index contributed by atoms with van der Waals surface area (Å²) in [7, 11) is 0. The van der Waals surface area contributed by atoms with E-state index in [0.717, 1.165) is 69.8 Å². The standard InChI is InChI=1S/C43H60O4/c1-3-5-7-9-11-13-15-23-29-39(45-35-37-26-20-17-21-27-37)41-31-33-43(47-41)42-32-30-40(46-42)38(28-22-14-12-10-8-6-4-2)44-34-36-24-18-16-19-25-36/h2,16-21,24-27,38-43H,3,5-15,23,29-35H2,1H3/t38-,39+,40-,41-,42-,43-/m1/s1. The van der Waals surface area contributed by atoms with Crippen LogP contribution in [-0.4, -0.2) is 36.6 Å². The largest absolute Gasteiger partial charge is 0.371 e. The Morgan fingerprint density at radius 2 is 1.21 bits per heavy atom. The van der Waals surface area contributed by atoms with Crippen LogP contribution in [0.4, 0.5) is 0 Å². The lowest BCUT2D eigenvalue weighted by molar-refractivity contribution is -0.124. The molecule has 2 heterocycles. The first-order valence-electron chi connectivity index (χ1n) is 18.8. The molecule has 4 nitrogen and oxygen atoms in total. The van der Waals surface area contributed by atoms with Gasteiger partial charge in [0.05, 0.1) is 43.7 Å². The van der Waals surface area contributed by atoms with Gasteiger partial charge in [0.15, 0.2) is 0 Å². The first-order chi connectivity index (χ1) is 23.3. The third-order valence-electron chi connectivity index (χ3n) is 9.63. The molecule has 4 rings (SSSR count). The normalized spacial score (nSPS) is 22.0. The fourth-order valence-electron chi connectivity index (χ4n) is 6.85. The lowest BCUT2D eigenvalue weighted by Gasteiger charge is -2.27. The third-order valence-corrected chi connectivity index (χ3v) is 9.63. The summed E-state index contributed by atoms with van der Waals surface area (Å²) in [6, 6.07) is 20.9. The van der Waals surface area contributed by atoms with Gasteiger partial charge >= 0.3 is 0 Å². The molecule has 256 valence electrons. The molecule has 2 aliphatic rings. The molecule has 2 fully saturated rings. The Bertz CT molecular complexity index is 1180. The smallest absolute Gasteiger partial charge is 0.144 e. The van der Waals surface area contributed by atoms with Crippen molar-refractivity contribution in [2.24, 2.45) is 0 Å². The van der Waals surface area contributed by atoms with Gasteiger partial charge in [0.1, 0.15) is 6.10 Å². The Hall–Kier alpha value is -2.60. The number of benzene rings is 2. The summed E-state index contributed by atoms with van der Waals surface area (Å²) in [5.41, 5.74) is 2.38. The van der Waals surface area contributed by atoms with E-state index in [-0.39, 0.29) is 36.6 Å². The fraction of sp³-hybridized carbons (Fsp3) is 0.628. The summed E-state index contributed by atoms with van der Waals surface area (Å²) in [6.45, 7) is 3.45. The van der Waals surface area contributed by atoms with E-state index in [9.17, 15) is 0 Å². The maximum Gasteiger partial charge on any atom is 0.144 e. The number of unbranched alkanes of at least 4 members (excludes halogenated alkanes) is 11. The lowest BCUT2D eigenvalue weighted by Crippen LogP contribution is -2.34. The van der Waals surface area contributed by atoms with Crippen molar-refractivity contribution < 1.29 is 18.9 Å². The van der Waals surface area contributed by atoms with Gasteiger partial charge in [0, 0.05) is 12.8 Å². The van der Waals surface area contributed by atoms with E-state index in [1.54, 1.807) is 0 Å². The molecular formula is C43H60O4. The van der Waals surface area contributed by atoms with Crippen LogP contribution in [0.5, 0.6) is 0 Å². The predicted molar refractivity (Wildman–Crippen MR) is 193 cm³/mol. The molecule has 0 saturated carbocycles. The van der Waals surface area contributed by atoms with Gasteiger partial charge in [-0.1, -0.05) is 131 Å². The summed E-state index contributed by atoms with van der Waals surface area (Å²) in [5.74, 6) is 9.56. The van der Waals surface area contributed by atoms with Crippen molar-refractivity contribution in [3.8, 4) is 24.2 Å². The fourth-order valence-corrected chi connectivity index (χ4v) is 6.85. The van der Waals surface area contributed by atoms with Gasteiger partial charge < -0.3 is 18.9 Å². The molecule has 2 aromatic carbocycles. The summed E-state index contributed by atoms with van der Waals surface area (Å²) in [6.07, 6.45) is 26.1. The van der Waals surface area contributed by atoms with Gasteiger partial charge in [-0.05, 0) is 56.1 Å². The van der Waals surface area contributed by atoms with E-state index in [1.165, 1.54) is 56.9 Å². The number of hydrogen-bond donors (Lipinski definition) is 0. The van der Waals surface area contributed by atoms with Gasteiger partial charge in [0.25, 0.3) is 0 Å². The average molecular weight is 641 g/mol. The van der Waals surface area contributed by atoms with Crippen molar-refractivity contribution in [3.63, 3.8) is 0 Å². The molecule has 4 heteroatoms. The number of hydrogen-bond acceptors (Lipinski definition) is 4. The second-order valence-electron chi connectivity index (χ2n) is 13.5. The zero-order valence-corrected chi connectivity index (χ0v) is 29.1. The van der Waals surface area contributed by atoms with Gasteiger partial charge in [0.2, 0.25) is 0 Å². The predicted octanol–water partition coefficient (Wildman–Crippen LogP) is 10.4. The minimum atomic E-state index is -0.243. The molecular weight excluding hydrogens is 580 g/mol. The Morgan fingerprint density at radius 1 is 0.660 bits per heavy atom. The van der Waals surface area contributed by atoms with Gasteiger partial charge in [-0.15, -0.1) is 18.3 Å². The monoisotopic (exact) mass is 640 g/mol. The highest BCUT2D eigenvalue weighted by molar-refractivity contribution is 5.15. The zero-order valence-electron chi connectivity index (χ0n) is 29.1. The van der Waals surface area contributed by atoms with E-state index in [0.29, 0.717) is 13.2 Å². The van der Waals surface area contributed by atoms with E-state index < -0.39 is 0 Å². The Kier molecular flexibility index (Phi) is 18.1. The maximum atomic E-state index is 6.78. The molecule has 0 amide bonds. The molecule has 47 heavy (non-hydrogen) atoms. The van der Waals surface area contributed by atoms with Gasteiger partial charge in [-0.25, -0.2) is 0 Å². The summed E-state index contributed by atoms with van der Waals surface area (Å²) in [5, 5.41) is 0. The van der Waals surface area contributed by atoms with Crippen LogP contribution in [0.25, 0.3) is 0 Å². The maximum absolute atomic E-state index is 6.78. The molecule has 0 spiro atoms. The van der Waals surface area contributed by atoms with E-state index >= 15 is 0 Å². The van der Waals surface area contributed by atoms with Crippen LogP contribution < -0.4 is 0 Å². The second-order valence-corrected chi connectivity index (χ2v) is 13.5. The van der Waals surface area contributed by atoms with Gasteiger partial charge in [-0.3, -0.25) is 0 Å². The molecule has 0 aromatic heterocycles. The Labute approximate surface area is 286 Å². The molecule has 0 radical (unpaired) electrons. The van der Waals surface area contributed by atoms with Crippen molar-refractivity contribution in [2.45, 2.75) is 172 Å². The first-order valence-corrected chi connectivity index (χ1v) is 18.8. The molecule has 0 bridgehead atoms. The zero-order chi connectivity index (χ0) is 32.8. The van der Waals surface area contributed by atoms with Gasteiger partial charge in [-0.2, -0.15) is 0 Å². The molecule has 6 atom stereocenters. The van der Waals surface area contributed by atoms with Crippen LogP contribution in [0.2, 0.25) is 0 Å². The second kappa shape index (κ2) is 22.9. The topological polar surface area (TPSA) is 36.9 Å². The van der Waals surface area contributed by atoms with E-state index in [4.69, 9.17) is 25.4 Å². The number of rotatable bonds is 22. The average Bonchev–Trinajstić information content (AvgIpc) is 3.80. The summed E-state index contributed by atoms with van der Waals surface area (Å²) in [4.78, 5) is 0. The minimum absolute atomic E-state index is 0.0391. The van der Waals surface area contributed by atoms with Crippen molar-refractivity contribution >= 4 is 0 Å². The number of terminal acetylenes is 1.